The van der Waals surface area contributed by atoms with E-state index in [2.05, 4.69) is 69.4 Å². The van der Waals surface area contributed by atoms with Crippen molar-refractivity contribution in [3.63, 3.8) is 0 Å². The second kappa shape index (κ2) is 45.0. The topological polar surface area (TPSA) is 611 Å². The number of aliphatic hydroxyl groups is 1. The molecule has 2 saturated heterocycles. The number of nitrogens with one attached hydrogen (secondary N) is 9. The number of aliphatic carboxylic acids is 1. The molecule has 2 aromatic carbocycles. The zero-order chi connectivity index (χ0) is 74.4. The van der Waals surface area contributed by atoms with E-state index < -0.39 is 131 Å². The summed E-state index contributed by atoms with van der Waals surface area (Å²) in [5, 5.41) is 46.3. The molecular formula is C64H100N22O13S2. The minimum absolute atomic E-state index is 0.00107. The molecule has 0 spiro atoms. The van der Waals surface area contributed by atoms with Gasteiger partial charge in [0.25, 0.3) is 0 Å². The van der Waals surface area contributed by atoms with Crippen molar-refractivity contribution in [2.45, 2.75) is 163 Å². The first-order valence-electron chi connectivity index (χ1n) is 33.2. The van der Waals surface area contributed by atoms with Crippen molar-refractivity contribution in [1.29, 1.82) is 0 Å². The standard InChI is InChI=1S/C64H100N22O13S2/c1-2-14-40(87)17-5-6-19-42-52(89)81-45(20-7-8-27-65)59(96)86-32-13-24-50(86)58(95)80-44(22-11-31-77-64(73)99)54(91)85-49(57(94)82-46(60(97)98)23-12-30-76-63(71)72)36-101-100-35-48(56(93)79-42)84-53(90)43(21-10-29-75-62(69)70)78-55(92)47(83-51(88)41(66)18-9-28-74-61(67)68)34-37-25-26-38-15-3-4-16-39(38)33-37/h2-5,14-17,25-26,33,41-50,87H,1,6-13,18-24,27-32,34-36,65-66H2,(H,78,92)(H,79,93)(H,80,95)(H,81,89)(H,82,94)(H,83,88)(H,84,90)(H,85,91)(H,97,98)(H4,67,68,74)(H4,69,70,75)(H4,71,72,76)(H3,73,77,99)/b17-5-,40-14+/t41-,42-,43-,44-,45+,46-,47-,48-,49-,50-/m0/s1. The zero-order valence-corrected chi connectivity index (χ0v) is 58.1. The first kappa shape index (κ1) is 83.5. The van der Waals surface area contributed by atoms with Gasteiger partial charge >= 0.3 is 12.0 Å². The number of carboxylic acid groups (broad SMARTS) is 1. The molecule has 37 heteroatoms. The number of nitrogens with two attached hydrogens (primary N) is 9. The third kappa shape index (κ3) is 31.1. The zero-order valence-electron chi connectivity index (χ0n) is 56.5. The van der Waals surface area contributed by atoms with Gasteiger partial charge in [-0.3, -0.25) is 58.1 Å². The number of primary amides is 1. The molecule has 2 heterocycles. The average Bonchev–Trinajstić information content (AvgIpc) is 1.81. The third-order valence-corrected chi connectivity index (χ3v) is 18.4. The van der Waals surface area contributed by atoms with Crippen LogP contribution in [0.5, 0.6) is 0 Å². The van der Waals surface area contributed by atoms with Gasteiger partial charge in [-0.15, -0.1) is 0 Å². The van der Waals surface area contributed by atoms with Gasteiger partial charge in [0.05, 0.1) is 6.04 Å². The van der Waals surface area contributed by atoms with Gasteiger partial charge in [-0.2, -0.15) is 0 Å². The summed E-state index contributed by atoms with van der Waals surface area (Å²) in [4.78, 5) is 170. The Balaban J connectivity index is 1.89. The summed E-state index contributed by atoms with van der Waals surface area (Å²) in [6.45, 7) is 3.90. The Labute approximate surface area is 593 Å². The molecule has 2 fully saturated rings. The Morgan fingerprint density at radius 1 is 0.653 bits per heavy atom. The Kier molecular flexibility index (Phi) is 37.2. The number of aliphatic hydroxyl groups excluding tert-OH is 1. The quantitative estimate of drug-likeness (QED) is 0.00796. The normalized spacial score (nSPS) is 20.0. The van der Waals surface area contributed by atoms with E-state index in [0.29, 0.717) is 31.2 Å². The van der Waals surface area contributed by atoms with E-state index in [9.17, 15) is 53.4 Å². The molecule has 4 rings (SSSR count). The van der Waals surface area contributed by atoms with Crippen molar-refractivity contribution in [2.75, 3.05) is 50.8 Å². The molecule has 29 N–H and O–H groups in total. The fraction of sp³-hybridized carbons (Fsp3) is 0.531. The van der Waals surface area contributed by atoms with Gasteiger partial charge in [0.15, 0.2) is 17.9 Å². The number of carbonyl (C=O) groups is 11. The number of allylic oxidation sites excluding steroid dienone is 4. The number of guanidine groups is 3. The second-order valence-corrected chi connectivity index (χ2v) is 26.5. The number of carbonyl (C=O) groups excluding carboxylic acids is 10. The Morgan fingerprint density at radius 3 is 1.89 bits per heavy atom. The number of unbranched alkanes of at least 4 members (excludes halogenated alkanes) is 1. The number of carboxylic acids is 1. The van der Waals surface area contributed by atoms with Crippen LogP contribution < -0.4 is 99.5 Å². The fourth-order valence-corrected chi connectivity index (χ4v) is 13.1. The van der Waals surface area contributed by atoms with Crippen molar-refractivity contribution in [2.24, 2.45) is 66.6 Å². The van der Waals surface area contributed by atoms with E-state index in [-0.39, 0.29) is 146 Å². The first-order chi connectivity index (χ1) is 48.2. The number of nitrogens with zero attached hydrogens (tertiary/aromatic N) is 4. The lowest BCUT2D eigenvalue weighted by Gasteiger charge is -2.31. The maximum Gasteiger partial charge on any atom is 0.326 e. The number of urea groups is 1. The van der Waals surface area contributed by atoms with Gasteiger partial charge < -0.3 is 115 Å². The predicted octanol–water partition coefficient (Wildman–Crippen LogP) is -3.24. The molecule has 0 bridgehead atoms. The number of hydrogen-bond donors (Lipinski definition) is 20. The van der Waals surface area contributed by atoms with E-state index in [1.165, 1.54) is 29.2 Å². The smallest absolute Gasteiger partial charge is 0.326 e. The van der Waals surface area contributed by atoms with Crippen LogP contribution in [0.4, 0.5) is 4.79 Å². The van der Waals surface area contributed by atoms with Crippen LogP contribution in [0.2, 0.25) is 0 Å². The number of hydrogen-bond acceptors (Lipinski definition) is 19. The first-order valence-corrected chi connectivity index (χ1v) is 35.7. The van der Waals surface area contributed by atoms with Crippen molar-refractivity contribution < 1.29 is 63.0 Å². The van der Waals surface area contributed by atoms with E-state index in [4.69, 9.17) is 51.6 Å². The number of amides is 11. The highest BCUT2D eigenvalue weighted by Crippen LogP contribution is 2.26. The largest absolute Gasteiger partial charge is 0.508 e. The van der Waals surface area contributed by atoms with Crippen molar-refractivity contribution in [1.82, 2.24) is 52.8 Å². The molecule has 2 aliphatic rings. The minimum atomic E-state index is -1.65. The highest BCUT2D eigenvalue weighted by atomic mass is 33.1. The van der Waals surface area contributed by atoms with E-state index in [1.54, 1.807) is 6.07 Å². The van der Waals surface area contributed by atoms with E-state index in [1.807, 2.05) is 36.4 Å². The van der Waals surface area contributed by atoms with Crippen LogP contribution in [0.3, 0.4) is 0 Å². The predicted molar refractivity (Wildman–Crippen MR) is 387 cm³/mol. The van der Waals surface area contributed by atoms with Gasteiger partial charge in [0.2, 0.25) is 53.2 Å². The molecule has 10 atom stereocenters. The van der Waals surface area contributed by atoms with Crippen molar-refractivity contribution in [3.05, 3.63) is 84.7 Å². The molecule has 0 radical (unpaired) electrons. The molecule has 35 nitrogen and oxygen atoms in total. The number of benzene rings is 2. The molecule has 0 aliphatic carbocycles. The maximum absolute atomic E-state index is 15.2. The summed E-state index contributed by atoms with van der Waals surface area (Å²) >= 11 is 0. The van der Waals surface area contributed by atoms with Gasteiger partial charge in [-0.05, 0) is 131 Å². The van der Waals surface area contributed by atoms with Crippen LogP contribution in [-0.4, -0.2) is 209 Å². The Bertz CT molecular complexity index is 3310. The average molecular weight is 1450 g/mol. The summed E-state index contributed by atoms with van der Waals surface area (Å²) in [7, 11) is 1.76. The fourth-order valence-electron chi connectivity index (χ4n) is 10.7. The van der Waals surface area contributed by atoms with Crippen molar-refractivity contribution >= 4 is 115 Å². The van der Waals surface area contributed by atoms with Crippen LogP contribution in [-0.2, 0) is 54.4 Å². The summed E-state index contributed by atoms with van der Waals surface area (Å²) < 4.78 is 0. The van der Waals surface area contributed by atoms with Gasteiger partial charge in [-0.25, -0.2) is 9.59 Å². The van der Waals surface area contributed by atoms with Crippen LogP contribution >= 0.6 is 21.6 Å². The van der Waals surface area contributed by atoms with Crippen LogP contribution in [0.15, 0.2) is 94.1 Å². The van der Waals surface area contributed by atoms with Crippen LogP contribution in [0, 0.1) is 0 Å². The monoisotopic (exact) mass is 1450 g/mol. The summed E-state index contributed by atoms with van der Waals surface area (Å²) in [6, 6.07) is -2.29. The van der Waals surface area contributed by atoms with E-state index in [0.717, 1.165) is 32.4 Å². The lowest BCUT2D eigenvalue weighted by atomic mass is 10.00. The van der Waals surface area contributed by atoms with Crippen molar-refractivity contribution in [3.8, 4) is 0 Å². The molecule has 0 unspecified atom stereocenters. The van der Waals surface area contributed by atoms with Crippen LogP contribution in [0.25, 0.3) is 10.8 Å². The number of aliphatic imine (C=N–C) groups is 3. The van der Waals surface area contributed by atoms with Gasteiger partial charge in [0.1, 0.15) is 60.1 Å². The molecule has 2 aliphatic heterocycles. The Morgan fingerprint density at radius 2 is 1.25 bits per heavy atom. The molecule has 0 saturated carbocycles. The molecule has 2 aromatic rings. The molecule has 101 heavy (non-hydrogen) atoms. The second-order valence-electron chi connectivity index (χ2n) is 23.9. The molecular weight excluding hydrogens is 1350 g/mol. The van der Waals surface area contributed by atoms with E-state index >= 15 is 9.59 Å². The molecule has 11 amide bonds. The molecule has 0 aromatic heterocycles. The Hall–Kier alpha value is -9.88. The number of rotatable bonds is 36. The lowest BCUT2D eigenvalue weighted by molar-refractivity contribution is -0.143. The summed E-state index contributed by atoms with van der Waals surface area (Å²) in [6.07, 6.45) is 6.48. The summed E-state index contributed by atoms with van der Waals surface area (Å²) in [5.41, 5.74) is 51.4. The third-order valence-electron chi connectivity index (χ3n) is 16.0. The minimum Gasteiger partial charge on any atom is -0.508 e. The molecule has 556 valence electrons. The summed E-state index contributed by atoms with van der Waals surface area (Å²) in [5.74, 6) is -10.9. The maximum atomic E-state index is 15.2. The van der Waals surface area contributed by atoms with Crippen LogP contribution in [0.1, 0.15) is 102 Å². The SMILES string of the molecule is C=C/C=C(O)\C=C/CC[C@@H]1NC(=O)[C@@H](NC(=O)[C@H](CCCN=C(N)N)NC(=O)[C@H](Cc2ccc3ccccc3c2)NC(=O)[C@@H](N)CCCN=C(N)N)CSSC[C@@H](C(=O)N[C@@H](CCCN=C(N)N)C(=O)O)NC(=O)[C@H](CCCNC(N)=O)NC(=O)[C@@H]2CCCN2C(=O)[C@@H](CCCCN)NC1=O. The number of fused-ring (bicyclic) bond motifs is 2. The van der Waals surface area contributed by atoms with Gasteiger partial charge in [-0.1, -0.05) is 82.8 Å². The lowest BCUT2D eigenvalue weighted by Crippen LogP contribution is -2.61. The highest BCUT2D eigenvalue weighted by Gasteiger charge is 2.41. The van der Waals surface area contributed by atoms with Gasteiger partial charge in [0, 0.05) is 50.7 Å². The highest BCUT2D eigenvalue weighted by molar-refractivity contribution is 8.76.